The molecule has 1 fully saturated rings. The second kappa shape index (κ2) is 8.26. The highest BCUT2D eigenvalue weighted by Gasteiger charge is 2.28. The average molecular weight is 367 g/mol. The molecule has 2 aliphatic rings. The molecule has 1 aliphatic heterocycles. The topological polar surface area (TPSA) is 41.4 Å². The maximum absolute atomic E-state index is 12.5. The van der Waals surface area contributed by atoms with Crippen LogP contribution >= 0.6 is 0 Å². The molecule has 1 atom stereocenters. The number of fused-ring (bicyclic) bond motifs is 1. The number of carbonyl (C=O) groups excluding carboxylic acids is 1. The fourth-order valence-corrected chi connectivity index (χ4v) is 4.53. The van der Waals surface area contributed by atoms with E-state index in [2.05, 4.69) is 43.6 Å². The molecule has 5 heteroatoms. The summed E-state index contributed by atoms with van der Waals surface area (Å²) in [6.07, 6.45) is 8.92. The first-order valence-corrected chi connectivity index (χ1v) is 10.3. The third kappa shape index (κ3) is 4.24. The van der Waals surface area contributed by atoms with Gasteiger partial charge in [0.1, 0.15) is 5.82 Å². The molecule has 144 valence electrons. The Labute approximate surface area is 162 Å². The van der Waals surface area contributed by atoms with Gasteiger partial charge in [-0.3, -0.25) is 9.69 Å². The van der Waals surface area contributed by atoms with Crippen LogP contribution in [-0.4, -0.2) is 57.5 Å². The smallest absolute Gasteiger partial charge is 0.222 e. The van der Waals surface area contributed by atoms with Crippen molar-refractivity contribution in [1.82, 2.24) is 19.4 Å². The Morgan fingerprint density at radius 3 is 2.67 bits per heavy atom. The Morgan fingerprint density at radius 1 is 1.15 bits per heavy atom. The van der Waals surface area contributed by atoms with Crippen LogP contribution in [0.5, 0.6) is 0 Å². The van der Waals surface area contributed by atoms with Crippen molar-refractivity contribution in [1.29, 1.82) is 0 Å². The molecule has 27 heavy (non-hydrogen) atoms. The van der Waals surface area contributed by atoms with E-state index in [1.54, 1.807) is 0 Å². The van der Waals surface area contributed by atoms with Crippen molar-refractivity contribution in [3.05, 3.63) is 53.6 Å². The SMILES string of the molecule is Cc1nccn1CCCC(=O)N1CCN(C2CCc3ccccc3C2)CC1. The van der Waals surface area contributed by atoms with Gasteiger partial charge in [0.25, 0.3) is 0 Å². The molecule has 0 N–H and O–H groups in total. The fraction of sp³-hybridized carbons (Fsp3) is 0.545. The quantitative estimate of drug-likeness (QED) is 0.817. The number of imidazole rings is 1. The summed E-state index contributed by atoms with van der Waals surface area (Å²) in [5.74, 6) is 1.33. The zero-order valence-electron chi connectivity index (χ0n) is 16.3. The van der Waals surface area contributed by atoms with E-state index in [0.29, 0.717) is 18.4 Å². The Hall–Kier alpha value is -2.14. The van der Waals surface area contributed by atoms with Crippen LogP contribution in [0.25, 0.3) is 0 Å². The highest BCUT2D eigenvalue weighted by Crippen LogP contribution is 2.25. The number of piperazine rings is 1. The standard InChI is InChI=1S/C22H30N4O/c1-18-23-10-12-24(18)11-4-7-22(27)26-15-13-25(14-16-26)21-9-8-19-5-2-3-6-20(19)17-21/h2-3,5-6,10,12,21H,4,7-9,11,13-17H2,1H3. The average Bonchev–Trinajstić information content (AvgIpc) is 3.12. The summed E-state index contributed by atoms with van der Waals surface area (Å²) in [5, 5.41) is 0. The molecule has 0 spiro atoms. The summed E-state index contributed by atoms with van der Waals surface area (Å²) >= 11 is 0. The third-order valence-corrected chi connectivity index (χ3v) is 6.22. The Kier molecular flexibility index (Phi) is 5.58. The minimum Gasteiger partial charge on any atom is -0.340 e. The molecule has 1 aromatic carbocycles. The molecule has 0 bridgehead atoms. The van der Waals surface area contributed by atoms with Crippen LogP contribution in [0.3, 0.4) is 0 Å². The van der Waals surface area contributed by atoms with E-state index in [-0.39, 0.29) is 0 Å². The van der Waals surface area contributed by atoms with Gasteiger partial charge in [-0.2, -0.15) is 0 Å². The van der Waals surface area contributed by atoms with Crippen molar-refractivity contribution in [2.45, 2.75) is 51.6 Å². The van der Waals surface area contributed by atoms with Crippen molar-refractivity contribution >= 4 is 5.91 Å². The largest absolute Gasteiger partial charge is 0.340 e. The molecular formula is C22H30N4O. The van der Waals surface area contributed by atoms with E-state index >= 15 is 0 Å². The molecule has 1 unspecified atom stereocenters. The summed E-state index contributed by atoms with van der Waals surface area (Å²) in [7, 11) is 0. The van der Waals surface area contributed by atoms with Gasteiger partial charge >= 0.3 is 0 Å². The number of aromatic nitrogens is 2. The maximum Gasteiger partial charge on any atom is 0.222 e. The van der Waals surface area contributed by atoms with Crippen LogP contribution in [0, 0.1) is 6.92 Å². The van der Waals surface area contributed by atoms with E-state index in [4.69, 9.17) is 0 Å². The highest BCUT2D eigenvalue weighted by molar-refractivity contribution is 5.76. The Balaban J connectivity index is 1.22. The number of nitrogens with zero attached hydrogens (tertiary/aromatic N) is 4. The summed E-state index contributed by atoms with van der Waals surface area (Å²) in [4.78, 5) is 21.4. The van der Waals surface area contributed by atoms with Gasteiger partial charge in [-0.1, -0.05) is 24.3 Å². The first-order chi connectivity index (χ1) is 13.2. The number of aryl methyl sites for hydroxylation is 3. The van der Waals surface area contributed by atoms with Crippen LogP contribution in [0.4, 0.5) is 0 Å². The van der Waals surface area contributed by atoms with Gasteiger partial charge in [-0.25, -0.2) is 4.98 Å². The second-order valence-corrected chi connectivity index (χ2v) is 7.85. The van der Waals surface area contributed by atoms with Crippen LogP contribution < -0.4 is 0 Å². The minimum atomic E-state index is 0.307. The number of hydrogen-bond acceptors (Lipinski definition) is 3. The predicted molar refractivity (Wildman–Crippen MR) is 107 cm³/mol. The van der Waals surface area contributed by atoms with E-state index in [9.17, 15) is 4.79 Å². The molecule has 1 aliphatic carbocycles. The number of carbonyl (C=O) groups is 1. The van der Waals surface area contributed by atoms with Gasteiger partial charge in [-0.15, -0.1) is 0 Å². The van der Waals surface area contributed by atoms with Crippen LogP contribution in [0.2, 0.25) is 0 Å². The van der Waals surface area contributed by atoms with Crippen molar-refractivity contribution in [3.8, 4) is 0 Å². The first kappa shape index (κ1) is 18.2. The lowest BCUT2D eigenvalue weighted by molar-refractivity contribution is -0.133. The summed E-state index contributed by atoms with van der Waals surface area (Å²) in [6.45, 7) is 6.66. The number of amides is 1. The zero-order valence-corrected chi connectivity index (χ0v) is 16.3. The molecule has 1 aromatic heterocycles. The van der Waals surface area contributed by atoms with Gasteiger partial charge in [-0.05, 0) is 43.7 Å². The molecule has 2 heterocycles. The summed E-state index contributed by atoms with van der Waals surface area (Å²) < 4.78 is 2.12. The lowest BCUT2D eigenvalue weighted by Crippen LogP contribution is -2.53. The normalized spacial score (nSPS) is 20.5. The molecule has 5 nitrogen and oxygen atoms in total. The lowest BCUT2D eigenvalue weighted by atomic mass is 9.87. The zero-order chi connectivity index (χ0) is 18.6. The monoisotopic (exact) mass is 366 g/mol. The second-order valence-electron chi connectivity index (χ2n) is 7.85. The number of rotatable bonds is 5. The van der Waals surface area contributed by atoms with E-state index in [0.717, 1.165) is 51.4 Å². The minimum absolute atomic E-state index is 0.307. The molecule has 0 radical (unpaired) electrons. The molecular weight excluding hydrogens is 336 g/mol. The fourth-order valence-electron chi connectivity index (χ4n) is 4.53. The summed E-state index contributed by atoms with van der Waals surface area (Å²) in [5.41, 5.74) is 3.04. The van der Waals surface area contributed by atoms with Crippen molar-refractivity contribution in [2.75, 3.05) is 26.2 Å². The highest BCUT2D eigenvalue weighted by atomic mass is 16.2. The number of benzene rings is 1. The molecule has 1 saturated heterocycles. The summed E-state index contributed by atoms with van der Waals surface area (Å²) in [6, 6.07) is 9.50. The third-order valence-electron chi connectivity index (χ3n) is 6.22. The van der Waals surface area contributed by atoms with Crippen molar-refractivity contribution in [3.63, 3.8) is 0 Å². The van der Waals surface area contributed by atoms with E-state index in [1.165, 1.54) is 24.0 Å². The van der Waals surface area contributed by atoms with Crippen molar-refractivity contribution in [2.24, 2.45) is 0 Å². The van der Waals surface area contributed by atoms with E-state index in [1.807, 2.05) is 19.3 Å². The maximum atomic E-state index is 12.5. The van der Waals surface area contributed by atoms with Gasteiger partial charge in [0.2, 0.25) is 5.91 Å². The van der Waals surface area contributed by atoms with Gasteiger partial charge in [0, 0.05) is 57.6 Å². The number of hydrogen-bond donors (Lipinski definition) is 0. The van der Waals surface area contributed by atoms with Gasteiger partial charge in [0.15, 0.2) is 0 Å². The molecule has 1 amide bonds. The van der Waals surface area contributed by atoms with Crippen LogP contribution in [-0.2, 0) is 24.2 Å². The Morgan fingerprint density at radius 2 is 1.93 bits per heavy atom. The van der Waals surface area contributed by atoms with E-state index < -0.39 is 0 Å². The molecule has 4 rings (SSSR count). The Bertz CT molecular complexity index is 776. The van der Waals surface area contributed by atoms with Gasteiger partial charge < -0.3 is 9.47 Å². The lowest BCUT2D eigenvalue weighted by Gasteiger charge is -2.41. The van der Waals surface area contributed by atoms with Crippen LogP contribution in [0.1, 0.15) is 36.2 Å². The molecule has 2 aromatic rings. The predicted octanol–water partition coefficient (Wildman–Crippen LogP) is 2.67. The van der Waals surface area contributed by atoms with Crippen LogP contribution in [0.15, 0.2) is 36.7 Å². The van der Waals surface area contributed by atoms with Crippen molar-refractivity contribution < 1.29 is 4.79 Å². The van der Waals surface area contributed by atoms with Gasteiger partial charge in [0.05, 0.1) is 0 Å². The first-order valence-electron chi connectivity index (χ1n) is 10.3. The molecule has 0 saturated carbocycles.